The second-order valence-corrected chi connectivity index (χ2v) is 5.94. The molecule has 3 rings (SSSR count). The third-order valence-corrected chi connectivity index (χ3v) is 3.70. The number of nitrogens with one attached hydrogen (secondary N) is 2. The van der Waals surface area contributed by atoms with E-state index in [4.69, 9.17) is 9.26 Å². The minimum atomic E-state index is -0.440. The van der Waals surface area contributed by atoms with Crippen molar-refractivity contribution in [3.8, 4) is 5.75 Å². The molecule has 1 aromatic heterocycles. The summed E-state index contributed by atoms with van der Waals surface area (Å²) in [7, 11) is 0. The lowest BCUT2D eigenvalue weighted by Gasteiger charge is -2.08. The standard InChI is InChI=1S/C17H20N4O4/c1-11-2-6-13(7-3-11)24-10-14(22)18-8-9-19-16(23)17-20-15(21-25-17)12-4-5-12/h2-3,6-7,12H,4-5,8-10H2,1H3,(H,18,22)(H,19,23). The Morgan fingerprint density at radius 2 is 1.92 bits per heavy atom. The molecule has 1 aliphatic rings. The maximum atomic E-state index is 11.8. The highest BCUT2D eigenvalue weighted by molar-refractivity contribution is 5.89. The number of carbonyl (C=O) groups is 2. The van der Waals surface area contributed by atoms with Crippen LogP contribution in [0.25, 0.3) is 0 Å². The van der Waals surface area contributed by atoms with Crippen molar-refractivity contribution in [2.24, 2.45) is 0 Å². The fourth-order valence-electron chi connectivity index (χ4n) is 2.12. The number of hydrogen-bond acceptors (Lipinski definition) is 6. The first-order valence-corrected chi connectivity index (χ1v) is 8.20. The van der Waals surface area contributed by atoms with E-state index in [9.17, 15) is 9.59 Å². The Hall–Kier alpha value is -2.90. The zero-order valence-electron chi connectivity index (χ0n) is 13.9. The quantitative estimate of drug-likeness (QED) is 0.697. The van der Waals surface area contributed by atoms with Crippen LogP contribution in [0.2, 0.25) is 0 Å². The van der Waals surface area contributed by atoms with Crippen LogP contribution in [0.15, 0.2) is 28.8 Å². The summed E-state index contributed by atoms with van der Waals surface area (Å²) in [5.41, 5.74) is 1.12. The third kappa shape index (κ3) is 5.03. The number of carbonyl (C=O) groups excluding carboxylic acids is 2. The number of amides is 2. The normalized spacial score (nSPS) is 13.3. The molecule has 2 N–H and O–H groups in total. The third-order valence-electron chi connectivity index (χ3n) is 3.70. The number of aryl methyl sites for hydroxylation is 1. The molecule has 25 heavy (non-hydrogen) atoms. The lowest BCUT2D eigenvalue weighted by Crippen LogP contribution is -2.36. The van der Waals surface area contributed by atoms with Crippen LogP contribution in [-0.2, 0) is 4.79 Å². The molecule has 0 atom stereocenters. The maximum absolute atomic E-state index is 11.8. The van der Waals surface area contributed by atoms with Gasteiger partial charge in [-0.1, -0.05) is 22.9 Å². The molecule has 1 heterocycles. The van der Waals surface area contributed by atoms with Crippen LogP contribution in [-0.4, -0.2) is 41.7 Å². The van der Waals surface area contributed by atoms with E-state index in [1.165, 1.54) is 0 Å². The molecule has 0 radical (unpaired) electrons. The predicted molar refractivity (Wildman–Crippen MR) is 88.3 cm³/mol. The van der Waals surface area contributed by atoms with Crippen molar-refractivity contribution in [2.45, 2.75) is 25.7 Å². The lowest BCUT2D eigenvalue weighted by molar-refractivity contribution is -0.123. The predicted octanol–water partition coefficient (Wildman–Crippen LogP) is 1.18. The van der Waals surface area contributed by atoms with E-state index < -0.39 is 5.91 Å². The molecule has 8 nitrogen and oxygen atoms in total. The van der Waals surface area contributed by atoms with Crippen LogP contribution < -0.4 is 15.4 Å². The van der Waals surface area contributed by atoms with Gasteiger partial charge in [-0.3, -0.25) is 9.59 Å². The zero-order valence-corrected chi connectivity index (χ0v) is 13.9. The number of hydrogen-bond donors (Lipinski definition) is 2. The van der Waals surface area contributed by atoms with Crippen LogP contribution in [0.5, 0.6) is 5.75 Å². The van der Waals surface area contributed by atoms with Crippen LogP contribution >= 0.6 is 0 Å². The van der Waals surface area contributed by atoms with Crippen molar-refractivity contribution in [2.75, 3.05) is 19.7 Å². The van der Waals surface area contributed by atoms with E-state index in [0.29, 0.717) is 17.5 Å². The van der Waals surface area contributed by atoms with Gasteiger partial charge in [0.25, 0.3) is 5.91 Å². The summed E-state index contributed by atoms with van der Waals surface area (Å²) in [4.78, 5) is 27.6. The van der Waals surface area contributed by atoms with Gasteiger partial charge in [-0.05, 0) is 31.9 Å². The van der Waals surface area contributed by atoms with E-state index in [1.807, 2.05) is 31.2 Å². The molecular weight excluding hydrogens is 324 g/mol. The minimum Gasteiger partial charge on any atom is -0.484 e. The molecule has 1 fully saturated rings. The molecule has 2 amide bonds. The highest BCUT2D eigenvalue weighted by Crippen LogP contribution is 2.37. The summed E-state index contributed by atoms with van der Waals surface area (Å²) in [6.07, 6.45) is 2.08. The second kappa shape index (κ2) is 7.78. The topological polar surface area (TPSA) is 106 Å². The Bertz CT molecular complexity index is 737. The average molecular weight is 344 g/mol. The highest BCUT2D eigenvalue weighted by Gasteiger charge is 2.29. The molecule has 2 aromatic rings. The summed E-state index contributed by atoms with van der Waals surface area (Å²) in [6.45, 7) is 2.44. The van der Waals surface area contributed by atoms with Gasteiger partial charge in [-0.25, -0.2) is 0 Å². The number of nitrogens with zero attached hydrogens (tertiary/aromatic N) is 2. The lowest BCUT2D eigenvalue weighted by atomic mass is 10.2. The molecule has 0 saturated heterocycles. The van der Waals surface area contributed by atoms with E-state index in [0.717, 1.165) is 18.4 Å². The zero-order chi connectivity index (χ0) is 17.6. The molecule has 0 bridgehead atoms. The monoisotopic (exact) mass is 344 g/mol. The fraction of sp³-hybridized carbons (Fsp3) is 0.412. The second-order valence-electron chi connectivity index (χ2n) is 5.94. The van der Waals surface area contributed by atoms with Crippen molar-refractivity contribution in [1.82, 2.24) is 20.8 Å². The number of ether oxygens (including phenoxy) is 1. The van der Waals surface area contributed by atoms with Gasteiger partial charge in [0, 0.05) is 19.0 Å². The summed E-state index contributed by atoms with van der Waals surface area (Å²) >= 11 is 0. The Morgan fingerprint density at radius 3 is 2.64 bits per heavy atom. The molecule has 0 spiro atoms. The Labute approximate surface area is 144 Å². The van der Waals surface area contributed by atoms with Gasteiger partial charge in [0.15, 0.2) is 12.4 Å². The van der Waals surface area contributed by atoms with Crippen molar-refractivity contribution < 1.29 is 18.8 Å². The summed E-state index contributed by atoms with van der Waals surface area (Å²) in [5.74, 6) is 0.811. The van der Waals surface area contributed by atoms with Crippen molar-refractivity contribution in [3.05, 3.63) is 41.5 Å². The smallest absolute Gasteiger partial charge is 0.315 e. The Kier molecular flexibility index (Phi) is 5.27. The van der Waals surface area contributed by atoms with E-state index in [1.54, 1.807) is 0 Å². The first-order valence-electron chi connectivity index (χ1n) is 8.20. The van der Waals surface area contributed by atoms with Gasteiger partial charge in [0.1, 0.15) is 5.75 Å². The van der Waals surface area contributed by atoms with Gasteiger partial charge in [0.2, 0.25) is 0 Å². The fourth-order valence-corrected chi connectivity index (χ4v) is 2.12. The SMILES string of the molecule is Cc1ccc(OCC(=O)NCCNC(=O)c2nc(C3CC3)no2)cc1. The van der Waals surface area contributed by atoms with Crippen LogP contribution in [0.4, 0.5) is 0 Å². The molecular formula is C17H20N4O4. The van der Waals surface area contributed by atoms with Crippen LogP contribution in [0, 0.1) is 6.92 Å². The minimum absolute atomic E-state index is 0.0454. The van der Waals surface area contributed by atoms with Gasteiger partial charge < -0.3 is 19.9 Å². The van der Waals surface area contributed by atoms with Gasteiger partial charge in [0.05, 0.1) is 0 Å². The van der Waals surface area contributed by atoms with E-state index >= 15 is 0 Å². The average Bonchev–Trinajstić information content (AvgIpc) is 3.35. The molecule has 8 heteroatoms. The molecule has 1 aliphatic carbocycles. The largest absolute Gasteiger partial charge is 0.484 e. The molecule has 132 valence electrons. The Balaban J connectivity index is 1.31. The van der Waals surface area contributed by atoms with E-state index in [-0.39, 0.29) is 31.5 Å². The first-order chi connectivity index (χ1) is 12.1. The van der Waals surface area contributed by atoms with Gasteiger partial charge in [-0.2, -0.15) is 4.98 Å². The van der Waals surface area contributed by atoms with Gasteiger partial charge >= 0.3 is 11.8 Å². The van der Waals surface area contributed by atoms with E-state index in [2.05, 4.69) is 20.8 Å². The molecule has 0 aliphatic heterocycles. The first kappa shape index (κ1) is 16.9. The molecule has 1 aromatic carbocycles. The van der Waals surface area contributed by atoms with Gasteiger partial charge in [-0.15, -0.1) is 0 Å². The highest BCUT2D eigenvalue weighted by atomic mass is 16.5. The summed E-state index contributed by atoms with van der Waals surface area (Å²) in [5, 5.41) is 9.06. The molecule has 0 unspecified atom stereocenters. The maximum Gasteiger partial charge on any atom is 0.315 e. The summed E-state index contributed by atoms with van der Waals surface area (Å²) in [6, 6.07) is 7.44. The van der Waals surface area contributed by atoms with Crippen molar-refractivity contribution in [3.63, 3.8) is 0 Å². The Morgan fingerprint density at radius 1 is 1.20 bits per heavy atom. The van der Waals surface area contributed by atoms with Crippen LogP contribution in [0.3, 0.4) is 0 Å². The number of aromatic nitrogens is 2. The van der Waals surface area contributed by atoms with Crippen molar-refractivity contribution in [1.29, 1.82) is 0 Å². The number of rotatable bonds is 8. The molecule has 1 saturated carbocycles. The number of benzene rings is 1. The summed E-state index contributed by atoms with van der Waals surface area (Å²) < 4.78 is 10.3. The van der Waals surface area contributed by atoms with Crippen molar-refractivity contribution >= 4 is 11.8 Å². The van der Waals surface area contributed by atoms with Crippen LogP contribution in [0.1, 0.15) is 40.8 Å².